The van der Waals surface area contributed by atoms with Crippen LogP contribution in [-0.4, -0.2) is 72.4 Å². The molecule has 2 heterocycles. The maximum absolute atomic E-state index is 12.9. The van der Waals surface area contributed by atoms with Gasteiger partial charge >= 0.3 is 0 Å². The number of aromatic nitrogens is 1. The molecule has 156 valence electrons. The Morgan fingerprint density at radius 1 is 1.14 bits per heavy atom. The van der Waals surface area contributed by atoms with Crippen LogP contribution in [0.1, 0.15) is 23.8 Å². The largest absolute Gasteiger partial charge is 0.395 e. The zero-order chi connectivity index (χ0) is 20.9. The molecule has 3 rings (SSSR count). The fourth-order valence-electron chi connectivity index (χ4n) is 3.36. The molecule has 0 bridgehead atoms. The van der Waals surface area contributed by atoms with Gasteiger partial charge in [-0.15, -0.1) is 0 Å². The SMILES string of the molecule is CC[C@H](CO)N1CCN(S(=O)(=O)c2ccc(NC(=O)c3ccccn3)cc2)CC1. The van der Waals surface area contributed by atoms with Gasteiger partial charge in [-0.1, -0.05) is 13.0 Å². The van der Waals surface area contributed by atoms with Crippen LogP contribution in [0, 0.1) is 0 Å². The summed E-state index contributed by atoms with van der Waals surface area (Å²) < 4.78 is 27.3. The number of carbonyl (C=O) groups is 1. The molecular weight excluding hydrogens is 392 g/mol. The van der Waals surface area contributed by atoms with E-state index in [-0.39, 0.29) is 29.1 Å². The molecule has 0 radical (unpaired) electrons. The number of pyridine rings is 1. The van der Waals surface area contributed by atoms with Crippen LogP contribution in [0.5, 0.6) is 0 Å². The summed E-state index contributed by atoms with van der Waals surface area (Å²) in [5, 5.41) is 12.1. The van der Waals surface area contributed by atoms with E-state index in [1.807, 2.05) is 6.92 Å². The highest BCUT2D eigenvalue weighted by atomic mass is 32.2. The van der Waals surface area contributed by atoms with Gasteiger partial charge in [-0.25, -0.2) is 8.42 Å². The molecule has 0 unspecified atom stereocenters. The first-order valence-electron chi connectivity index (χ1n) is 9.63. The number of benzene rings is 1. The fraction of sp³-hybridized carbons (Fsp3) is 0.400. The monoisotopic (exact) mass is 418 g/mol. The van der Waals surface area contributed by atoms with E-state index in [2.05, 4.69) is 15.2 Å². The first kappa shape index (κ1) is 21.4. The molecule has 1 saturated heterocycles. The number of rotatable bonds is 7. The predicted molar refractivity (Wildman–Crippen MR) is 110 cm³/mol. The van der Waals surface area contributed by atoms with Crippen LogP contribution in [-0.2, 0) is 10.0 Å². The number of piperazine rings is 1. The summed E-state index contributed by atoms with van der Waals surface area (Å²) in [7, 11) is -3.60. The minimum absolute atomic E-state index is 0.0712. The fourth-order valence-corrected chi connectivity index (χ4v) is 4.79. The first-order chi connectivity index (χ1) is 14.0. The van der Waals surface area contributed by atoms with Crippen molar-refractivity contribution in [1.29, 1.82) is 0 Å². The Morgan fingerprint density at radius 3 is 2.38 bits per heavy atom. The van der Waals surface area contributed by atoms with E-state index in [0.717, 1.165) is 6.42 Å². The van der Waals surface area contributed by atoms with E-state index in [1.54, 1.807) is 30.3 Å². The van der Waals surface area contributed by atoms with E-state index in [9.17, 15) is 18.3 Å². The predicted octanol–water partition coefficient (Wildman–Crippen LogP) is 1.41. The van der Waals surface area contributed by atoms with Crippen LogP contribution in [0.2, 0.25) is 0 Å². The number of sulfonamides is 1. The molecule has 1 fully saturated rings. The second kappa shape index (κ2) is 9.45. The topological polar surface area (TPSA) is 103 Å². The lowest BCUT2D eigenvalue weighted by atomic mass is 10.2. The van der Waals surface area contributed by atoms with Gasteiger partial charge in [0.15, 0.2) is 0 Å². The van der Waals surface area contributed by atoms with Gasteiger partial charge < -0.3 is 10.4 Å². The van der Waals surface area contributed by atoms with Crippen LogP contribution in [0.3, 0.4) is 0 Å². The number of anilines is 1. The quantitative estimate of drug-likeness (QED) is 0.705. The molecule has 1 amide bonds. The molecule has 1 aromatic heterocycles. The van der Waals surface area contributed by atoms with Crippen LogP contribution < -0.4 is 5.32 Å². The summed E-state index contributed by atoms with van der Waals surface area (Å²) in [6.07, 6.45) is 2.36. The lowest BCUT2D eigenvalue weighted by molar-refractivity contribution is 0.0881. The zero-order valence-corrected chi connectivity index (χ0v) is 17.2. The molecule has 1 aliphatic heterocycles. The summed E-state index contributed by atoms with van der Waals surface area (Å²) >= 11 is 0. The second-order valence-electron chi connectivity index (χ2n) is 6.88. The van der Waals surface area contributed by atoms with Gasteiger partial charge in [-0.3, -0.25) is 14.7 Å². The summed E-state index contributed by atoms with van der Waals surface area (Å²) in [6, 6.07) is 11.3. The number of hydrogen-bond acceptors (Lipinski definition) is 6. The van der Waals surface area contributed by atoms with Gasteiger partial charge in [-0.05, 0) is 42.8 Å². The van der Waals surface area contributed by atoms with Crippen LogP contribution in [0.15, 0.2) is 53.6 Å². The molecule has 29 heavy (non-hydrogen) atoms. The highest BCUT2D eigenvalue weighted by Crippen LogP contribution is 2.21. The molecule has 1 aromatic carbocycles. The summed E-state index contributed by atoms with van der Waals surface area (Å²) in [4.78, 5) is 18.5. The third kappa shape index (κ3) is 4.99. The van der Waals surface area contributed by atoms with Crippen molar-refractivity contribution in [3.05, 3.63) is 54.4 Å². The number of nitrogens with zero attached hydrogens (tertiary/aromatic N) is 3. The van der Waals surface area contributed by atoms with E-state index < -0.39 is 10.0 Å². The number of aliphatic hydroxyl groups is 1. The van der Waals surface area contributed by atoms with E-state index in [0.29, 0.717) is 31.9 Å². The van der Waals surface area contributed by atoms with Crippen molar-refractivity contribution in [2.24, 2.45) is 0 Å². The van der Waals surface area contributed by atoms with Crippen molar-refractivity contribution < 1.29 is 18.3 Å². The van der Waals surface area contributed by atoms with Crippen molar-refractivity contribution in [2.45, 2.75) is 24.3 Å². The van der Waals surface area contributed by atoms with Crippen molar-refractivity contribution in [1.82, 2.24) is 14.2 Å². The van der Waals surface area contributed by atoms with E-state index >= 15 is 0 Å². The molecule has 1 atom stereocenters. The van der Waals surface area contributed by atoms with E-state index in [1.165, 1.54) is 22.6 Å². The Morgan fingerprint density at radius 2 is 1.83 bits per heavy atom. The number of hydrogen-bond donors (Lipinski definition) is 2. The maximum atomic E-state index is 12.9. The minimum Gasteiger partial charge on any atom is -0.395 e. The normalized spacial score (nSPS) is 17.0. The summed E-state index contributed by atoms with van der Waals surface area (Å²) in [6.45, 7) is 4.05. The van der Waals surface area contributed by atoms with Crippen molar-refractivity contribution in [2.75, 3.05) is 38.1 Å². The van der Waals surface area contributed by atoms with Gasteiger partial charge in [0.05, 0.1) is 11.5 Å². The number of amides is 1. The maximum Gasteiger partial charge on any atom is 0.274 e. The van der Waals surface area contributed by atoms with Crippen molar-refractivity contribution >= 4 is 21.6 Å². The average Bonchev–Trinajstić information content (AvgIpc) is 2.76. The highest BCUT2D eigenvalue weighted by Gasteiger charge is 2.30. The second-order valence-corrected chi connectivity index (χ2v) is 8.82. The molecule has 8 nitrogen and oxygen atoms in total. The minimum atomic E-state index is -3.60. The molecule has 9 heteroatoms. The van der Waals surface area contributed by atoms with Crippen molar-refractivity contribution in [3.8, 4) is 0 Å². The molecule has 0 aliphatic carbocycles. The first-order valence-corrected chi connectivity index (χ1v) is 11.1. The lowest BCUT2D eigenvalue weighted by Crippen LogP contribution is -2.52. The average molecular weight is 419 g/mol. The Hall–Kier alpha value is -2.33. The molecule has 0 spiro atoms. The molecule has 2 aromatic rings. The Balaban J connectivity index is 1.64. The third-order valence-corrected chi connectivity index (χ3v) is 7.03. The van der Waals surface area contributed by atoms with Gasteiger partial charge in [0, 0.05) is 44.1 Å². The summed E-state index contributed by atoms with van der Waals surface area (Å²) in [5.41, 5.74) is 0.786. The third-order valence-electron chi connectivity index (χ3n) is 5.12. The Bertz CT molecular complexity index is 907. The number of nitrogens with one attached hydrogen (secondary N) is 1. The number of aliphatic hydroxyl groups excluding tert-OH is 1. The van der Waals surface area contributed by atoms with Gasteiger partial charge in [0.1, 0.15) is 5.69 Å². The van der Waals surface area contributed by atoms with Crippen LogP contribution in [0.4, 0.5) is 5.69 Å². The Labute approximate surface area is 171 Å². The Kier molecular flexibility index (Phi) is 6.96. The van der Waals surface area contributed by atoms with Gasteiger partial charge in [0.2, 0.25) is 10.0 Å². The summed E-state index contributed by atoms with van der Waals surface area (Å²) in [5.74, 6) is -0.355. The smallest absolute Gasteiger partial charge is 0.274 e. The molecular formula is C20H26N4O4S. The standard InChI is InChI=1S/C20H26N4O4S/c1-2-17(15-25)23-11-13-24(14-12-23)29(27,28)18-8-6-16(7-9-18)22-20(26)19-5-3-4-10-21-19/h3-10,17,25H,2,11-15H2,1H3,(H,22,26)/t17-/m1/s1. The number of carbonyl (C=O) groups excluding carboxylic acids is 1. The van der Waals surface area contributed by atoms with Crippen molar-refractivity contribution in [3.63, 3.8) is 0 Å². The molecule has 0 saturated carbocycles. The lowest BCUT2D eigenvalue weighted by Gasteiger charge is -2.37. The van der Waals surface area contributed by atoms with Crippen LogP contribution in [0.25, 0.3) is 0 Å². The van der Waals surface area contributed by atoms with Crippen LogP contribution >= 0.6 is 0 Å². The van der Waals surface area contributed by atoms with Gasteiger partial charge in [-0.2, -0.15) is 4.31 Å². The molecule has 2 N–H and O–H groups in total. The van der Waals surface area contributed by atoms with E-state index in [4.69, 9.17) is 0 Å². The highest BCUT2D eigenvalue weighted by molar-refractivity contribution is 7.89. The molecule has 1 aliphatic rings. The zero-order valence-electron chi connectivity index (χ0n) is 16.4. The van der Waals surface area contributed by atoms with Gasteiger partial charge in [0.25, 0.3) is 5.91 Å².